The van der Waals surface area contributed by atoms with Gasteiger partial charge in [-0.05, 0) is 38.5 Å². The molecule has 0 rings (SSSR count). The fraction of sp³-hybridized carbons (Fsp3) is 0.841. The van der Waals surface area contributed by atoms with Gasteiger partial charge in [0, 0.05) is 19.3 Å². The first-order chi connectivity index (χ1) is 25.1. The fourth-order valence-electron chi connectivity index (χ4n) is 6.28. The van der Waals surface area contributed by atoms with Crippen molar-refractivity contribution in [3.63, 3.8) is 0 Å². The second kappa shape index (κ2) is 35.8. The summed E-state index contributed by atoms with van der Waals surface area (Å²) in [6.45, 7) is 4.56. The first-order valence-electron chi connectivity index (χ1n) is 21.4. The van der Waals surface area contributed by atoms with Gasteiger partial charge in [0.2, 0.25) is 0 Å². The molecule has 0 saturated heterocycles. The van der Waals surface area contributed by atoms with Crippen molar-refractivity contribution in [3.8, 4) is 0 Å². The SMILES string of the molecule is CC/C=C/C/C=C/CCCCCCCCCC(=O)OCC(COCCC(C(=O)[O-])[N+](C)(C)C)OC(=O)CCCCCCCCCCCCCCCC. The number of carboxylic acid groups (broad SMARTS) is 1. The Kier molecular flexibility index (Phi) is 34.3. The van der Waals surface area contributed by atoms with Crippen molar-refractivity contribution in [1.82, 2.24) is 0 Å². The lowest BCUT2D eigenvalue weighted by molar-refractivity contribution is -0.889. The van der Waals surface area contributed by atoms with Crippen molar-refractivity contribution in [2.75, 3.05) is 41.0 Å². The van der Waals surface area contributed by atoms with Crippen LogP contribution in [-0.2, 0) is 28.6 Å². The summed E-state index contributed by atoms with van der Waals surface area (Å²) in [7, 11) is 5.40. The molecule has 0 aromatic heterocycles. The topological polar surface area (TPSA) is 102 Å². The Morgan fingerprint density at radius 3 is 1.58 bits per heavy atom. The Balaban J connectivity index is 4.35. The van der Waals surface area contributed by atoms with Crippen molar-refractivity contribution in [1.29, 1.82) is 0 Å². The van der Waals surface area contributed by atoms with Crippen LogP contribution in [0.25, 0.3) is 0 Å². The molecule has 0 bridgehead atoms. The van der Waals surface area contributed by atoms with Crippen molar-refractivity contribution in [2.45, 2.75) is 199 Å². The Hall–Kier alpha value is -2.19. The summed E-state index contributed by atoms with van der Waals surface area (Å²) >= 11 is 0. The lowest BCUT2D eigenvalue weighted by Crippen LogP contribution is -2.55. The molecule has 0 aromatic rings. The highest BCUT2D eigenvalue weighted by Crippen LogP contribution is 2.15. The van der Waals surface area contributed by atoms with E-state index in [0.717, 1.165) is 57.8 Å². The first-order valence-corrected chi connectivity index (χ1v) is 21.4. The van der Waals surface area contributed by atoms with Crippen LogP contribution in [0.2, 0.25) is 0 Å². The van der Waals surface area contributed by atoms with E-state index in [4.69, 9.17) is 14.2 Å². The zero-order valence-electron chi connectivity index (χ0n) is 34.5. The van der Waals surface area contributed by atoms with Crippen LogP contribution in [-0.4, -0.2) is 75.5 Å². The van der Waals surface area contributed by atoms with Gasteiger partial charge >= 0.3 is 11.9 Å². The van der Waals surface area contributed by atoms with E-state index in [1.54, 1.807) is 21.1 Å². The Morgan fingerprint density at radius 2 is 1.08 bits per heavy atom. The highest BCUT2D eigenvalue weighted by molar-refractivity contribution is 5.70. The van der Waals surface area contributed by atoms with Crippen molar-refractivity contribution < 1.29 is 38.2 Å². The molecular formula is C44H81NO7. The summed E-state index contributed by atoms with van der Waals surface area (Å²) in [4.78, 5) is 36.8. The molecule has 0 fully saturated rings. The number of carbonyl (C=O) groups is 3. The van der Waals surface area contributed by atoms with Gasteiger partial charge in [0.1, 0.15) is 12.6 Å². The molecule has 0 aromatic carbocycles. The van der Waals surface area contributed by atoms with Gasteiger partial charge in [0.15, 0.2) is 6.10 Å². The van der Waals surface area contributed by atoms with Gasteiger partial charge < -0.3 is 28.6 Å². The van der Waals surface area contributed by atoms with Gasteiger partial charge in [-0.1, -0.05) is 154 Å². The average Bonchev–Trinajstić information content (AvgIpc) is 3.09. The molecule has 52 heavy (non-hydrogen) atoms. The van der Waals surface area contributed by atoms with E-state index in [0.29, 0.717) is 12.8 Å². The standard InChI is InChI=1S/C44H81NO7/c1-6-8-10-12-14-16-18-20-22-24-26-28-30-32-34-42(46)51-39-40(38-50-37-36-41(44(48)49)45(3,4)5)52-43(47)35-33-31-29-27-25-23-21-19-17-15-13-11-9-7-2/h8,10,14,16,40-41H,6-7,9,11-13,15,17-39H2,1-5H3/b10-8+,16-14+. The maximum atomic E-state index is 12.7. The second-order valence-corrected chi connectivity index (χ2v) is 15.6. The van der Waals surface area contributed by atoms with E-state index >= 15 is 0 Å². The third-order valence-corrected chi connectivity index (χ3v) is 9.60. The Morgan fingerprint density at radius 1 is 0.596 bits per heavy atom. The summed E-state index contributed by atoms with van der Waals surface area (Å²) < 4.78 is 17.1. The Labute approximate surface area is 320 Å². The highest BCUT2D eigenvalue weighted by Gasteiger charge is 2.25. The van der Waals surface area contributed by atoms with E-state index in [9.17, 15) is 19.5 Å². The van der Waals surface area contributed by atoms with Crippen LogP contribution in [0.1, 0.15) is 187 Å². The van der Waals surface area contributed by atoms with Crippen LogP contribution in [0.15, 0.2) is 24.3 Å². The van der Waals surface area contributed by atoms with Gasteiger partial charge in [-0.2, -0.15) is 0 Å². The number of likely N-dealkylation sites (N-methyl/N-ethyl adjacent to an activating group) is 1. The van der Waals surface area contributed by atoms with Gasteiger partial charge in [0.05, 0.1) is 40.3 Å². The van der Waals surface area contributed by atoms with E-state index in [1.807, 2.05) is 0 Å². The molecule has 8 nitrogen and oxygen atoms in total. The number of aliphatic carboxylic acids is 1. The lowest BCUT2D eigenvalue weighted by atomic mass is 10.0. The zero-order valence-corrected chi connectivity index (χ0v) is 34.5. The van der Waals surface area contributed by atoms with Crippen molar-refractivity contribution in [2.24, 2.45) is 0 Å². The predicted octanol–water partition coefficient (Wildman–Crippen LogP) is 9.97. The van der Waals surface area contributed by atoms with Crippen LogP contribution in [0, 0.1) is 0 Å². The van der Waals surface area contributed by atoms with Crippen molar-refractivity contribution in [3.05, 3.63) is 24.3 Å². The molecule has 2 atom stereocenters. The normalized spacial score (nSPS) is 13.2. The molecule has 0 aliphatic heterocycles. The molecular weight excluding hydrogens is 654 g/mol. The number of nitrogens with zero attached hydrogens (tertiary/aromatic N) is 1. The van der Waals surface area contributed by atoms with Crippen LogP contribution in [0.4, 0.5) is 0 Å². The summed E-state index contributed by atoms with van der Waals surface area (Å²) in [6.07, 6.45) is 37.6. The maximum Gasteiger partial charge on any atom is 0.306 e. The first kappa shape index (κ1) is 49.8. The van der Waals surface area contributed by atoms with E-state index in [2.05, 4.69) is 38.2 Å². The second-order valence-electron chi connectivity index (χ2n) is 15.6. The molecule has 304 valence electrons. The van der Waals surface area contributed by atoms with Gasteiger partial charge in [0.25, 0.3) is 0 Å². The number of ether oxygens (including phenoxy) is 3. The van der Waals surface area contributed by atoms with E-state index in [1.165, 1.54) is 96.3 Å². The minimum atomic E-state index is -1.12. The number of carboxylic acids is 1. The third kappa shape index (κ3) is 33.6. The smallest absolute Gasteiger partial charge is 0.306 e. The summed E-state index contributed by atoms with van der Waals surface area (Å²) in [6, 6.07) is -0.723. The minimum absolute atomic E-state index is 0.0420. The summed E-state index contributed by atoms with van der Waals surface area (Å²) in [5.74, 6) is -1.74. The number of carbonyl (C=O) groups excluding carboxylic acids is 3. The number of esters is 2. The largest absolute Gasteiger partial charge is 0.544 e. The number of quaternary nitrogens is 1. The Bertz CT molecular complexity index is 911. The minimum Gasteiger partial charge on any atom is -0.544 e. The van der Waals surface area contributed by atoms with Crippen LogP contribution < -0.4 is 5.11 Å². The van der Waals surface area contributed by atoms with Gasteiger partial charge in [-0.3, -0.25) is 9.59 Å². The average molecular weight is 736 g/mol. The monoisotopic (exact) mass is 736 g/mol. The van der Waals surface area contributed by atoms with Crippen LogP contribution >= 0.6 is 0 Å². The molecule has 0 heterocycles. The summed E-state index contributed by atoms with van der Waals surface area (Å²) in [5.41, 5.74) is 0. The number of unbranched alkanes of at least 4 members (excludes halogenated alkanes) is 20. The molecule has 0 N–H and O–H groups in total. The van der Waals surface area contributed by atoms with Crippen molar-refractivity contribution >= 4 is 17.9 Å². The predicted molar refractivity (Wildman–Crippen MR) is 213 cm³/mol. The fourth-order valence-corrected chi connectivity index (χ4v) is 6.28. The molecule has 0 radical (unpaired) electrons. The highest BCUT2D eigenvalue weighted by atomic mass is 16.6. The molecule has 8 heteroatoms. The molecule has 0 amide bonds. The van der Waals surface area contributed by atoms with E-state index in [-0.39, 0.29) is 42.7 Å². The quantitative estimate of drug-likeness (QED) is 0.0269. The molecule has 0 spiro atoms. The maximum absolute atomic E-state index is 12.7. The third-order valence-electron chi connectivity index (χ3n) is 9.60. The number of rotatable bonds is 38. The summed E-state index contributed by atoms with van der Waals surface area (Å²) in [5, 5.41) is 11.6. The molecule has 2 unspecified atom stereocenters. The number of hydrogen-bond donors (Lipinski definition) is 0. The molecule has 0 saturated carbocycles. The van der Waals surface area contributed by atoms with Gasteiger partial charge in [-0.25, -0.2) is 0 Å². The molecule has 0 aliphatic carbocycles. The zero-order chi connectivity index (χ0) is 38.5. The lowest BCUT2D eigenvalue weighted by Gasteiger charge is -2.34. The van der Waals surface area contributed by atoms with E-state index < -0.39 is 18.1 Å². The number of hydrogen-bond acceptors (Lipinski definition) is 7. The van der Waals surface area contributed by atoms with Gasteiger partial charge in [-0.15, -0.1) is 0 Å². The molecule has 0 aliphatic rings. The van der Waals surface area contributed by atoms with Crippen LogP contribution in [0.3, 0.4) is 0 Å². The van der Waals surface area contributed by atoms with Crippen LogP contribution in [0.5, 0.6) is 0 Å². The number of allylic oxidation sites excluding steroid dienone is 4.